The van der Waals surface area contributed by atoms with Crippen molar-refractivity contribution < 1.29 is 9.90 Å². The van der Waals surface area contributed by atoms with Crippen LogP contribution in [0.5, 0.6) is 0 Å². The highest BCUT2D eigenvalue weighted by Gasteiger charge is 2.36. The molecule has 1 saturated carbocycles. The summed E-state index contributed by atoms with van der Waals surface area (Å²) in [5.74, 6) is -0.0564. The van der Waals surface area contributed by atoms with Crippen LogP contribution >= 0.6 is 0 Å². The van der Waals surface area contributed by atoms with Crippen LogP contribution in [0.3, 0.4) is 0 Å². The minimum Gasteiger partial charge on any atom is -0.388 e. The summed E-state index contributed by atoms with van der Waals surface area (Å²) in [5.41, 5.74) is 4.88. The minimum absolute atomic E-state index is 0.0613. The first-order valence-corrected chi connectivity index (χ1v) is 6.92. The predicted octanol–water partition coefficient (Wildman–Crippen LogP) is 0.308. The van der Waals surface area contributed by atoms with Gasteiger partial charge in [-0.05, 0) is 31.1 Å². The van der Waals surface area contributed by atoms with Gasteiger partial charge in [0.05, 0.1) is 5.60 Å². The van der Waals surface area contributed by atoms with Gasteiger partial charge in [-0.2, -0.15) is 0 Å². The highest BCUT2D eigenvalue weighted by molar-refractivity contribution is 5.75. The number of rotatable bonds is 4. The Labute approximate surface area is 118 Å². The molecule has 4 N–H and O–H groups in total. The van der Waals surface area contributed by atoms with Gasteiger partial charge in [-0.25, -0.2) is 9.67 Å². The molecule has 1 aliphatic carbocycles. The van der Waals surface area contributed by atoms with E-state index in [4.69, 9.17) is 5.73 Å². The Bertz CT molecular complexity index is 473. The second-order valence-electron chi connectivity index (χ2n) is 6.47. The highest BCUT2D eigenvalue weighted by Crippen LogP contribution is 2.39. The number of hydrogen-bond acceptors (Lipinski definition) is 5. The first kappa shape index (κ1) is 14.8. The van der Waals surface area contributed by atoms with E-state index in [0.29, 0.717) is 0 Å². The second kappa shape index (κ2) is 5.40. The molecule has 0 unspecified atom stereocenters. The average molecular weight is 281 g/mol. The van der Waals surface area contributed by atoms with Gasteiger partial charge in [0, 0.05) is 6.54 Å². The van der Waals surface area contributed by atoms with E-state index < -0.39 is 5.60 Å². The summed E-state index contributed by atoms with van der Waals surface area (Å²) >= 11 is 0. The third-order valence-corrected chi connectivity index (χ3v) is 4.01. The molecule has 2 rings (SSSR count). The smallest absolute Gasteiger partial charge is 0.241 e. The predicted molar refractivity (Wildman–Crippen MR) is 74.6 cm³/mol. The van der Waals surface area contributed by atoms with Crippen LogP contribution < -0.4 is 11.1 Å². The molecule has 1 aromatic rings. The number of hydrogen-bond donors (Lipinski definition) is 3. The van der Waals surface area contributed by atoms with Crippen LogP contribution in [0.25, 0.3) is 0 Å². The maximum atomic E-state index is 11.8. The Morgan fingerprint density at radius 3 is 2.65 bits per heavy atom. The number of carbonyl (C=O) groups is 1. The molecule has 112 valence electrons. The fourth-order valence-corrected chi connectivity index (χ4v) is 2.42. The topological polar surface area (TPSA) is 106 Å². The van der Waals surface area contributed by atoms with E-state index in [2.05, 4.69) is 29.2 Å². The van der Waals surface area contributed by atoms with Crippen molar-refractivity contribution in [2.45, 2.75) is 51.7 Å². The lowest BCUT2D eigenvalue weighted by Crippen LogP contribution is -2.47. The number of nitrogens with two attached hydrogens (primary N) is 1. The van der Waals surface area contributed by atoms with Gasteiger partial charge in [0.1, 0.15) is 12.9 Å². The molecule has 1 aromatic heterocycles. The van der Waals surface area contributed by atoms with Crippen LogP contribution in [0, 0.1) is 5.41 Å². The van der Waals surface area contributed by atoms with Crippen molar-refractivity contribution >= 4 is 11.9 Å². The number of carbonyl (C=O) groups excluding carboxylic acids is 1. The van der Waals surface area contributed by atoms with Crippen molar-refractivity contribution in [3.05, 3.63) is 6.33 Å². The van der Waals surface area contributed by atoms with Crippen molar-refractivity contribution in [1.29, 1.82) is 0 Å². The Hall–Kier alpha value is -1.63. The standard InChI is InChI=1S/C13H23N5O2/c1-12(2)3-5-13(20,6-4-12)8-15-10(19)7-18-9-16-11(14)17-18/h9,20H,3-8H2,1-2H3,(H2,14,17)(H,15,19). The monoisotopic (exact) mass is 281 g/mol. The molecule has 7 nitrogen and oxygen atoms in total. The Kier molecular flexibility index (Phi) is 3.99. The zero-order chi connectivity index (χ0) is 14.8. The van der Waals surface area contributed by atoms with Gasteiger partial charge in [0.2, 0.25) is 11.9 Å². The maximum Gasteiger partial charge on any atom is 0.241 e. The Balaban J connectivity index is 1.78. The second-order valence-corrected chi connectivity index (χ2v) is 6.47. The number of nitrogens with one attached hydrogen (secondary N) is 1. The normalized spacial score (nSPS) is 20.6. The van der Waals surface area contributed by atoms with E-state index in [-0.39, 0.29) is 30.4 Å². The largest absolute Gasteiger partial charge is 0.388 e. The molecule has 0 atom stereocenters. The molecule has 0 aromatic carbocycles. The lowest BCUT2D eigenvalue weighted by Gasteiger charge is -2.40. The van der Waals surface area contributed by atoms with Gasteiger partial charge in [0.25, 0.3) is 0 Å². The zero-order valence-corrected chi connectivity index (χ0v) is 12.1. The third kappa shape index (κ3) is 3.93. The van der Waals surface area contributed by atoms with Crippen LogP contribution in [-0.2, 0) is 11.3 Å². The summed E-state index contributed by atoms with van der Waals surface area (Å²) in [6, 6.07) is 0. The van der Waals surface area contributed by atoms with Crippen molar-refractivity contribution in [2.24, 2.45) is 5.41 Å². The fraction of sp³-hybridized carbons (Fsp3) is 0.769. The third-order valence-electron chi connectivity index (χ3n) is 4.01. The molecule has 0 bridgehead atoms. The van der Waals surface area contributed by atoms with Crippen LogP contribution in [0.15, 0.2) is 6.33 Å². The molecule has 0 radical (unpaired) electrons. The van der Waals surface area contributed by atoms with Crippen molar-refractivity contribution in [3.63, 3.8) is 0 Å². The van der Waals surface area contributed by atoms with E-state index in [9.17, 15) is 9.90 Å². The van der Waals surface area contributed by atoms with Gasteiger partial charge >= 0.3 is 0 Å². The maximum absolute atomic E-state index is 11.8. The van der Waals surface area contributed by atoms with Gasteiger partial charge in [-0.15, -0.1) is 5.10 Å². The SMILES string of the molecule is CC1(C)CCC(O)(CNC(=O)Cn2cnc(N)n2)CC1. The molecule has 1 amide bonds. The van der Waals surface area contributed by atoms with Gasteiger partial charge in [-0.1, -0.05) is 13.8 Å². The van der Waals surface area contributed by atoms with E-state index in [1.165, 1.54) is 11.0 Å². The summed E-state index contributed by atoms with van der Waals surface area (Å²) in [6.45, 7) is 4.76. The number of anilines is 1. The lowest BCUT2D eigenvalue weighted by molar-refractivity contribution is -0.123. The summed E-state index contributed by atoms with van der Waals surface area (Å²) in [7, 11) is 0. The summed E-state index contributed by atoms with van der Waals surface area (Å²) < 4.78 is 1.37. The van der Waals surface area contributed by atoms with Gasteiger partial charge in [-0.3, -0.25) is 4.79 Å². The van der Waals surface area contributed by atoms with E-state index in [0.717, 1.165) is 25.7 Å². The lowest BCUT2D eigenvalue weighted by atomic mass is 9.71. The van der Waals surface area contributed by atoms with Gasteiger partial charge < -0.3 is 16.2 Å². The quantitative estimate of drug-likeness (QED) is 0.736. The number of nitrogen functional groups attached to an aromatic ring is 1. The number of aromatic nitrogens is 3. The Morgan fingerprint density at radius 2 is 2.10 bits per heavy atom. The molecule has 0 aliphatic heterocycles. The van der Waals surface area contributed by atoms with Gasteiger partial charge in [0.15, 0.2) is 0 Å². The van der Waals surface area contributed by atoms with E-state index in [1.54, 1.807) is 0 Å². The van der Waals surface area contributed by atoms with E-state index >= 15 is 0 Å². The highest BCUT2D eigenvalue weighted by atomic mass is 16.3. The molecule has 0 saturated heterocycles. The van der Waals surface area contributed by atoms with Crippen molar-refractivity contribution in [3.8, 4) is 0 Å². The first-order valence-electron chi connectivity index (χ1n) is 6.92. The van der Waals surface area contributed by atoms with E-state index in [1.807, 2.05) is 0 Å². The Morgan fingerprint density at radius 1 is 1.45 bits per heavy atom. The molecule has 0 spiro atoms. The molecule has 1 heterocycles. The summed E-state index contributed by atoms with van der Waals surface area (Å²) in [6.07, 6.45) is 4.79. The van der Waals surface area contributed by atoms with Crippen LogP contribution in [0.4, 0.5) is 5.95 Å². The minimum atomic E-state index is -0.785. The van der Waals surface area contributed by atoms with Crippen LogP contribution in [0.2, 0.25) is 0 Å². The molecule has 20 heavy (non-hydrogen) atoms. The molecule has 7 heteroatoms. The molecule has 1 aliphatic rings. The summed E-state index contributed by atoms with van der Waals surface area (Å²) in [5, 5.41) is 17.1. The zero-order valence-electron chi connectivity index (χ0n) is 12.1. The molecular weight excluding hydrogens is 258 g/mol. The number of nitrogens with zero attached hydrogens (tertiary/aromatic N) is 3. The van der Waals surface area contributed by atoms with Crippen molar-refractivity contribution in [2.75, 3.05) is 12.3 Å². The summed E-state index contributed by atoms with van der Waals surface area (Å²) in [4.78, 5) is 15.5. The fourth-order valence-electron chi connectivity index (χ4n) is 2.42. The van der Waals surface area contributed by atoms with Crippen LogP contribution in [0.1, 0.15) is 39.5 Å². The number of amides is 1. The van der Waals surface area contributed by atoms with Crippen molar-refractivity contribution in [1.82, 2.24) is 20.1 Å². The molecule has 1 fully saturated rings. The molecular formula is C13H23N5O2. The average Bonchev–Trinajstić information content (AvgIpc) is 2.77. The number of aliphatic hydroxyl groups is 1. The van der Waals surface area contributed by atoms with Crippen LogP contribution in [-0.4, -0.2) is 37.9 Å². The first-order chi connectivity index (χ1) is 9.28.